The van der Waals surface area contributed by atoms with Gasteiger partial charge in [-0.2, -0.15) is 0 Å². The minimum Gasteiger partial charge on any atom is -0.449 e. The first kappa shape index (κ1) is 20.4. The van der Waals surface area contributed by atoms with Crippen molar-refractivity contribution in [1.29, 1.82) is 0 Å². The molecule has 0 aliphatic carbocycles. The summed E-state index contributed by atoms with van der Waals surface area (Å²) in [6.07, 6.45) is 0.974. The van der Waals surface area contributed by atoms with E-state index in [0.717, 1.165) is 19.4 Å². The number of nitrogens with two attached hydrogens (primary N) is 1. The van der Waals surface area contributed by atoms with E-state index in [9.17, 15) is 14.4 Å². The Balaban J connectivity index is 2.01. The molecule has 1 aromatic heterocycles. The van der Waals surface area contributed by atoms with Crippen molar-refractivity contribution < 1.29 is 19.1 Å². The minimum atomic E-state index is -1.04. The lowest BCUT2D eigenvalue weighted by Gasteiger charge is -2.15. The van der Waals surface area contributed by atoms with Crippen LogP contribution in [0, 0.1) is 0 Å². The van der Waals surface area contributed by atoms with Gasteiger partial charge < -0.3 is 21.1 Å². The topological polar surface area (TPSA) is 111 Å². The van der Waals surface area contributed by atoms with E-state index in [1.165, 1.54) is 24.3 Å². The van der Waals surface area contributed by atoms with Crippen molar-refractivity contribution in [2.24, 2.45) is 5.73 Å². The molecule has 1 atom stereocenters. The van der Waals surface area contributed by atoms with Crippen LogP contribution in [0.3, 0.4) is 0 Å². The van der Waals surface area contributed by atoms with Crippen LogP contribution in [0.4, 0.5) is 10.7 Å². The lowest BCUT2D eigenvalue weighted by atomic mass is 10.1. The molecule has 8 heteroatoms. The number of para-hydroxylation sites is 1. The number of carbonyl (C=O) groups is 3. The van der Waals surface area contributed by atoms with Crippen molar-refractivity contribution in [3.8, 4) is 0 Å². The Kier molecular flexibility index (Phi) is 7.36. The second-order valence-electron chi connectivity index (χ2n) is 5.89. The molecule has 0 radical (unpaired) electrons. The van der Waals surface area contributed by atoms with Crippen molar-refractivity contribution >= 4 is 39.8 Å². The Hall–Kier alpha value is -2.87. The molecule has 0 saturated heterocycles. The fourth-order valence-corrected chi connectivity index (χ4v) is 3.10. The van der Waals surface area contributed by atoms with Crippen LogP contribution in [0.15, 0.2) is 35.7 Å². The van der Waals surface area contributed by atoms with Gasteiger partial charge in [0, 0.05) is 12.2 Å². The Morgan fingerprint density at radius 3 is 2.63 bits per heavy atom. The molecule has 2 amide bonds. The Labute approximate surface area is 161 Å². The van der Waals surface area contributed by atoms with Crippen LogP contribution < -0.4 is 16.4 Å². The first-order valence-electron chi connectivity index (χ1n) is 8.66. The number of amides is 2. The Morgan fingerprint density at radius 2 is 1.93 bits per heavy atom. The molecule has 1 heterocycles. The second-order valence-corrected chi connectivity index (χ2v) is 6.81. The highest BCUT2D eigenvalue weighted by Crippen LogP contribution is 2.23. The molecule has 0 aliphatic rings. The minimum absolute atomic E-state index is 0.220. The van der Waals surface area contributed by atoms with Crippen molar-refractivity contribution in [3.05, 3.63) is 46.8 Å². The Bertz CT molecular complexity index is 819. The molecule has 0 saturated carbocycles. The number of benzene rings is 1. The summed E-state index contributed by atoms with van der Waals surface area (Å²) < 4.78 is 5.29. The third-order valence-electron chi connectivity index (χ3n) is 3.81. The number of hydrogen-bond donors (Lipinski definition) is 3. The van der Waals surface area contributed by atoms with Gasteiger partial charge in [-0.15, -0.1) is 11.3 Å². The van der Waals surface area contributed by atoms with Gasteiger partial charge in [-0.25, -0.2) is 4.79 Å². The van der Waals surface area contributed by atoms with E-state index in [1.54, 1.807) is 23.6 Å². The van der Waals surface area contributed by atoms with Crippen LogP contribution in [-0.2, 0) is 9.53 Å². The average molecular weight is 389 g/mol. The van der Waals surface area contributed by atoms with Crippen molar-refractivity contribution in [1.82, 2.24) is 0 Å². The molecule has 0 spiro atoms. The van der Waals surface area contributed by atoms with Gasteiger partial charge in [-0.3, -0.25) is 9.59 Å². The second kappa shape index (κ2) is 9.72. The lowest BCUT2D eigenvalue weighted by Crippen LogP contribution is -2.30. The summed E-state index contributed by atoms with van der Waals surface area (Å²) in [5, 5.41) is 7.75. The van der Waals surface area contributed by atoms with Crippen LogP contribution in [0.1, 0.15) is 47.4 Å². The van der Waals surface area contributed by atoms with Gasteiger partial charge in [-0.1, -0.05) is 25.5 Å². The summed E-state index contributed by atoms with van der Waals surface area (Å²) in [4.78, 5) is 36.1. The largest absolute Gasteiger partial charge is 0.449 e. The predicted molar refractivity (Wildman–Crippen MR) is 106 cm³/mol. The maximum atomic E-state index is 12.5. The molecular formula is C19H23N3O4S. The molecule has 4 N–H and O–H groups in total. The Morgan fingerprint density at radius 1 is 1.19 bits per heavy atom. The normalized spacial score (nSPS) is 11.5. The maximum Gasteiger partial charge on any atom is 0.341 e. The van der Waals surface area contributed by atoms with E-state index in [-0.39, 0.29) is 5.56 Å². The number of primary amides is 1. The highest BCUT2D eigenvalue weighted by molar-refractivity contribution is 7.14. The molecule has 0 fully saturated rings. The summed E-state index contributed by atoms with van der Waals surface area (Å²) in [6, 6.07) is 8.52. The van der Waals surface area contributed by atoms with Gasteiger partial charge >= 0.3 is 5.97 Å². The standard InChI is InChI=1S/C19H23N3O4S/c1-3-4-10-21-15-8-6-5-7-13(15)19(25)26-12(2)17(24)22-18-14(16(20)23)9-11-27-18/h5-9,11-12,21H,3-4,10H2,1-2H3,(H2,20,23)(H,22,24)/t12-/m0/s1. The zero-order chi connectivity index (χ0) is 19.8. The first-order chi connectivity index (χ1) is 12.9. The first-order valence-corrected chi connectivity index (χ1v) is 9.54. The molecule has 7 nitrogen and oxygen atoms in total. The van der Waals surface area contributed by atoms with Gasteiger partial charge in [0.15, 0.2) is 6.10 Å². The number of anilines is 2. The van der Waals surface area contributed by atoms with Gasteiger partial charge in [0.2, 0.25) is 0 Å². The van der Waals surface area contributed by atoms with Gasteiger partial charge in [-0.05, 0) is 36.9 Å². The fourth-order valence-electron chi connectivity index (χ4n) is 2.31. The molecule has 2 rings (SSSR count). The van der Waals surface area contributed by atoms with E-state index < -0.39 is 23.9 Å². The molecule has 144 valence electrons. The molecule has 0 unspecified atom stereocenters. The van der Waals surface area contributed by atoms with Crippen LogP contribution in [-0.4, -0.2) is 30.4 Å². The summed E-state index contributed by atoms with van der Waals surface area (Å²) in [6.45, 7) is 4.29. The molecule has 0 aliphatic heterocycles. The number of unbranched alkanes of at least 4 members (excludes halogenated alkanes) is 1. The SMILES string of the molecule is CCCCNc1ccccc1C(=O)O[C@@H](C)C(=O)Nc1sccc1C(N)=O. The van der Waals surface area contributed by atoms with Gasteiger partial charge in [0.05, 0.1) is 11.1 Å². The number of rotatable bonds is 9. The maximum absolute atomic E-state index is 12.5. The average Bonchev–Trinajstić information content (AvgIpc) is 3.10. The zero-order valence-corrected chi connectivity index (χ0v) is 16.1. The van der Waals surface area contributed by atoms with Crippen LogP contribution >= 0.6 is 11.3 Å². The van der Waals surface area contributed by atoms with Gasteiger partial charge in [0.25, 0.3) is 11.8 Å². The number of ether oxygens (including phenoxy) is 1. The van der Waals surface area contributed by atoms with Crippen LogP contribution in [0.2, 0.25) is 0 Å². The summed E-state index contributed by atoms with van der Waals surface area (Å²) >= 11 is 1.17. The van der Waals surface area contributed by atoms with E-state index in [0.29, 0.717) is 16.3 Å². The van der Waals surface area contributed by atoms with E-state index in [1.807, 2.05) is 6.07 Å². The van der Waals surface area contributed by atoms with Crippen molar-refractivity contribution in [2.75, 3.05) is 17.2 Å². The van der Waals surface area contributed by atoms with Crippen molar-refractivity contribution in [3.63, 3.8) is 0 Å². The molecule has 0 bridgehead atoms. The smallest absolute Gasteiger partial charge is 0.341 e. The zero-order valence-electron chi connectivity index (χ0n) is 15.3. The van der Waals surface area contributed by atoms with E-state index >= 15 is 0 Å². The molecule has 27 heavy (non-hydrogen) atoms. The van der Waals surface area contributed by atoms with Crippen molar-refractivity contribution in [2.45, 2.75) is 32.8 Å². The highest BCUT2D eigenvalue weighted by Gasteiger charge is 2.22. The van der Waals surface area contributed by atoms with E-state index in [2.05, 4.69) is 17.6 Å². The summed E-state index contributed by atoms with van der Waals surface area (Å²) in [5.74, 6) is -1.77. The molecule has 1 aromatic carbocycles. The third kappa shape index (κ3) is 5.55. The van der Waals surface area contributed by atoms with Crippen LogP contribution in [0.5, 0.6) is 0 Å². The number of hydrogen-bond acceptors (Lipinski definition) is 6. The number of carbonyl (C=O) groups excluding carboxylic acids is 3. The highest BCUT2D eigenvalue weighted by atomic mass is 32.1. The van der Waals surface area contributed by atoms with E-state index in [4.69, 9.17) is 10.5 Å². The predicted octanol–water partition coefficient (Wildman–Crippen LogP) is 3.24. The fraction of sp³-hybridized carbons (Fsp3) is 0.316. The summed E-state index contributed by atoms with van der Waals surface area (Å²) in [7, 11) is 0. The van der Waals surface area contributed by atoms with Gasteiger partial charge in [0.1, 0.15) is 5.00 Å². The molecular weight excluding hydrogens is 366 g/mol. The quantitative estimate of drug-likeness (QED) is 0.450. The number of thiophene rings is 1. The lowest BCUT2D eigenvalue weighted by molar-refractivity contribution is -0.123. The number of esters is 1. The van der Waals surface area contributed by atoms with Crippen LogP contribution in [0.25, 0.3) is 0 Å². The third-order valence-corrected chi connectivity index (χ3v) is 4.64. The molecule has 2 aromatic rings. The summed E-state index contributed by atoms with van der Waals surface area (Å²) in [5.41, 5.74) is 6.51. The monoisotopic (exact) mass is 389 g/mol. The number of nitrogens with one attached hydrogen (secondary N) is 2.